The summed E-state index contributed by atoms with van der Waals surface area (Å²) in [4.78, 5) is 13.8. The fourth-order valence-corrected chi connectivity index (χ4v) is 1.84. The van der Waals surface area contributed by atoms with Crippen molar-refractivity contribution in [1.82, 2.24) is 4.90 Å². The topological polar surface area (TPSA) is 46.3 Å². The first kappa shape index (κ1) is 13.7. The zero-order valence-corrected chi connectivity index (χ0v) is 10.9. The Morgan fingerprint density at radius 1 is 1.35 bits per heavy atom. The third-order valence-electron chi connectivity index (χ3n) is 3.13. The maximum absolute atomic E-state index is 12.0. The van der Waals surface area contributed by atoms with Gasteiger partial charge in [0.15, 0.2) is 0 Å². The quantitative estimate of drug-likeness (QED) is 0.850. The van der Waals surface area contributed by atoms with Gasteiger partial charge in [-0.25, -0.2) is 0 Å². The number of benzene rings is 1. The Morgan fingerprint density at radius 3 is 2.47 bits per heavy atom. The third kappa shape index (κ3) is 3.56. The standard InChI is InChI=1S/C14H22N2O/c1-4-8-13(15)14(17)16(3)11(2)12-9-6-5-7-10-12/h5-7,9-11,13H,4,8,15H2,1-3H3. The fraction of sp³-hybridized carbons (Fsp3) is 0.500. The van der Waals surface area contributed by atoms with Gasteiger partial charge in [0, 0.05) is 7.05 Å². The molecule has 2 atom stereocenters. The Balaban J connectivity index is 2.70. The molecule has 0 aliphatic carbocycles. The molecular formula is C14H22N2O. The zero-order valence-electron chi connectivity index (χ0n) is 10.9. The predicted octanol–water partition coefficient (Wildman–Crippen LogP) is 2.33. The van der Waals surface area contributed by atoms with Crippen LogP contribution in [0.3, 0.4) is 0 Å². The number of nitrogens with two attached hydrogens (primary N) is 1. The second-order valence-corrected chi connectivity index (χ2v) is 4.43. The highest BCUT2D eigenvalue weighted by atomic mass is 16.2. The number of nitrogens with zero attached hydrogens (tertiary/aromatic N) is 1. The van der Waals surface area contributed by atoms with Crippen LogP contribution in [0.15, 0.2) is 30.3 Å². The van der Waals surface area contributed by atoms with Crippen molar-refractivity contribution >= 4 is 5.91 Å². The van der Waals surface area contributed by atoms with E-state index in [1.165, 1.54) is 0 Å². The third-order valence-corrected chi connectivity index (χ3v) is 3.13. The summed E-state index contributed by atoms with van der Waals surface area (Å²) >= 11 is 0. The summed E-state index contributed by atoms with van der Waals surface area (Å²) in [5, 5.41) is 0. The minimum Gasteiger partial charge on any atom is -0.338 e. The number of hydrogen-bond acceptors (Lipinski definition) is 2. The zero-order chi connectivity index (χ0) is 12.8. The van der Waals surface area contributed by atoms with Crippen LogP contribution >= 0.6 is 0 Å². The van der Waals surface area contributed by atoms with Crippen molar-refractivity contribution in [2.24, 2.45) is 5.73 Å². The second kappa shape index (κ2) is 6.40. The van der Waals surface area contributed by atoms with Gasteiger partial charge in [0.25, 0.3) is 0 Å². The lowest BCUT2D eigenvalue weighted by molar-refractivity contribution is -0.133. The molecule has 0 spiro atoms. The molecule has 1 aromatic rings. The Hall–Kier alpha value is -1.35. The average molecular weight is 234 g/mol. The molecule has 0 radical (unpaired) electrons. The van der Waals surface area contributed by atoms with E-state index in [0.29, 0.717) is 0 Å². The summed E-state index contributed by atoms with van der Waals surface area (Å²) in [5.41, 5.74) is 6.98. The van der Waals surface area contributed by atoms with E-state index in [9.17, 15) is 4.79 Å². The van der Waals surface area contributed by atoms with Crippen LogP contribution in [0.2, 0.25) is 0 Å². The molecule has 0 aliphatic rings. The second-order valence-electron chi connectivity index (χ2n) is 4.43. The molecule has 1 rings (SSSR count). The first-order valence-corrected chi connectivity index (χ1v) is 6.15. The fourth-order valence-electron chi connectivity index (χ4n) is 1.84. The van der Waals surface area contributed by atoms with Gasteiger partial charge in [-0.05, 0) is 18.9 Å². The van der Waals surface area contributed by atoms with Crippen LogP contribution in [0, 0.1) is 0 Å². The van der Waals surface area contributed by atoms with E-state index in [1.54, 1.807) is 4.90 Å². The molecule has 2 unspecified atom stereocenters. The lowest BCUT2D eigenvalue weighted by Gasteiger charge is -2.27. The van der Waals surface area contributed by atoms with Gasteiger partial charge < -0.3 is 10.6 Å². The SMILES string of the molecule is CCCC(N)C(=O)N(C)C(C)c1ccccc1. The van der Waals surface area contributed by atoms with Crippen LogP contribution in [0.5, 0.6) is 0 Å². The molecule has 0 heterocycles. The van der Waals surface area contributed by atoms with Crippen molar-refractivity contribution < 1.29 is 4.79 Å². The van der Waals surface area contributed by atoms with Crippen LogP contribution in [0.25, 0.3) is 0 Å². The monoisotopic (exact) mass is 234 g/mol. The minimum absolute atomic E-state index is 0.0169. The van der Waals surface area contributed by atoms with Gasteiger partial charge in [0.1, 0.15) is 0 Å². The lowest BCUT2D eigenvalue weighted by Crippen LogP contribution is -2.42. The Kier molecular flexibility index (Phi) is 5.16. The first-order chi connectivity index (χ1) is 8.07. The Morgan fingerprint density at radius 2 is 1.94 bits per heavy atom. The van der Waals surface area contributed by atoms with E-state index in [1.807, 2.05) is 51.2 Å². The van der Waals surface area contributed by atoms with E-state index in [2.05, 4.69) is 0 Å². The van der Waals surface area contributed by atoms with Gasteiger partial charge >= 0.3 is 0 Å². The van der Waals surface area contributed by atoms with Crippen molar-refractivity contribution in [2.75, 3.05) is 7.05 Å². The molecule has 94 valence electrons. The summed E-state index contributed by atoms with van der Waals surface area (Å²) in [6.45, 7) is 4.06. The molecule has 0 saturated heterocycles. The molecule has 17 heavy (non-hydrogen) atoms. The number of rotatable bonds is 5. The largest absolute Gasteiger partial charge is 0.338 e. The number of carbonyl (C=O) groups excluding carboxylic acids is 1. The van der Waals surface area contributed by atoms with Crippen LogP contribution in [0.4, 0.5) is 0 Å². The van der Waals surface area contributed by atoms with Gasteiger partial charge in [-0.15, -0.1) is 0 Å². The number of hydrogen-bond donors (Lipinski definition) is 1. The molecule has 0 fully saturated rings. The molecule has 1 amide bonds. The van der Waals surface area contributed by atoms with E-state index < -0.39 is 0 Å². The van der Waals surface area contributed by atoms with Crippen molar-refractivity contribution in [2.45, 2.75) is 38.8 Å². The van der Waals surface area contributed by atoms with Crippen molar-refractivity contribution in [3.05, 3.63) is 35.9 Å². The molecule has 3 heteroatoms. The molecule has 0 aromatic heterocycles. The van der Waals surface area contributed by atoms with Crippen molar-refractivity contribution in [1.29, 1.82) is 0 Å². The lowest BCUT2D eigenvalue weighted by atomic mass is 10.1. The number of carbonyl (C=O) groups is 1. The maximum atomic E-state index is 12.0. The van der Waals surface area contributed by atoms with Crippen LogP contribution < -0.4 is 5.73 Å². The van der Waals surface area contributed by atoms with E-state index >= 15 is 0 Å². The molecule has 0 aliphatic heterocycles. The molecule has 2 N–H and O–H groups in total. The number of likely N-dealkylation sites (N-methyl/N-ethyl adjacent to an activating group) is 1. The highest BCUT2D eigenvalue weighted by Gasteiger charge is 2.21. The predicted molar refractivity (Wildman–Crippen MR) is 70.5 cm³/mol. The Labute approximate surface area is 104 Å². The smallest absolute Gasteiger partial charge is 0.239 e. The summed E-state index contributed by atoms with van der Waals surface area (Å²) in [7, 11) is 1.82. The molecule has 0 bridgehead atoms. The van der Waals surface area contributed by atoms with E-state index in [0.717, 1.165) is 18.4 Å². The van der Waals surface area contributed by atoms with Gasteiger partial charge in [-0.2, -0.15) is 0 Å². The van der Waals surface area contributed by atoms with Gasteiger partial charge in [-0.3, -0.25) is 4.79 Å². The summed E-state index contributed by atoms with van der Waals surface area (Å²) in [6, 6.07) is 9.68. The average Bonchev–Trinajstić information content (AvgIpc) is 2.37. The van der Waals surface area contributed by atoms with Gasteiger partial charge in [-0.1, -0.05) is 43.7 Å². The Bertz CT molecular complexity index is 350. The van der Waals surface area contributed by atoms with E-state index in [4.69, 9.17) is 5.73 Å². The highest BCUT2D eigenvalue weighted by Crippen LogP contribution is 2.19. The summed E-state index contributed by atoms with van der Waals surface area (Å²) in [6.07, 6.45) is 1.67. The maximum Gasteiger partial charge on any atom is 0.239 e. The number of amides is 1. The van der Waals surface area contributed by atoms with Crippen molar-refractivity contribution in [3.8, 4) is 0 Å². The first-order valence-electron chi connectivity index (χ1n) is 6.15. The molecular weight excluding hydrogens is 212 g/mol. The minimum atomic E-state index is -0.379. The molecule has 1 aromatic carbocycles. The van der Waals surface area contributed by atoms with Crippen LogP contribution in [-0.4, -0.2) is 23.9 Å². The highest BCUT2D eigenvalue weighted by molar-refractivity contribution is 5.81. The van der Waals surface area contributed by atoms with Gasteiger partial charge in [0.05, 0.1) is 12.1 Å². The van der Waals surface area contributed by atoms with E-state index in [-0.39, 0.29) is 18.0 Å². The summed E-state index contributed by atoms with van der Waals surface area (Å²) in [5.74, 6) is 0.0169. The van der Waals surface area contributed by atoms with Gasteiger partial charge in [0.2, 0.25) is 5.91 Å². The van der Waals surface area contributed by atoms with Crippen LogP contribution in [-0.2, 0) is 4.79 Å². The van der Waals surface area contributed by atoms with Crippen LogP contribution in [0.1, 0.15) is 38.3 Å². The molecule has 0 saturated carbocycles. The summed E-state index contributed by atoms with van der Waals surface area (Å²) < 4.78 is 0. The molecule has 3 nitrogen and oxygen atoms in total. The normalized spacial score (nSPS) is 14.1. The van der Waals surface area contributed by atoms with Crippen molar-refractivity contribution in [3.63, 3.8) is 0 Å².